The normalized spacial score (nSPS) is 15.2. The van der Waals surface area contributed by atoms with Crippen molar-refractivity contribution in [2.45, 2.75) is 0 Å². The largest absolute Gasteiger partial charge is 0.457 e. The number of benzene rings is 3. The lowest BCUT2D eigenvalue weighted by Crippen LogP contribution is -2.54. The Morgan fingerprint density at radius 1 is 0.875 bits per heavy atom. The highest BCUT2D eigenvalue weighted by molar-refractivity contribution is 7.80. The molecule has 1 aliphatic heterocycles. The molecule has 1 N–H and O–H groups in total. The molecule has 2 amide bonds. The summed E-state index contributed by atoms with van der Waals surface area (Å²) in [5.41, 5.74) is 1.01. The first-order valence-corrected chi connectivity index (χ1v) is 10.8. The summed E-state index contributed by atoms with van der Waals surface area (Å²) >= 11 is 23.1. The molecule has 0 radical (unpaired) electrons. The number of anilines is 1. The Labute approximate surface area is 204 Å². The van der Waals surface area contributed by atoms with Crippen LogP contribution in [0.2, 0.25) is 15.1 Å². The van der Waals surface area contributed by atoms with Crippen LogP contribution in [0.4, 0.5) is 5.69 Å². The number of amides is 2. The molecule has 9 heteroatoms. The first kappa shape index (κ1) is 22.3. The van der Waals surface area contributed by atoms with Crippen LogP contribution in [0.25, 0.3) is 6.08 Å². The first-order chi connectivity index (χ1) is 15.3. The van der Waals surface area contributed by atoms with E-state index >= 15 is 0 Å². The van der Waals surface area contributed by atoms with Crippen molar-refractivity contribution in [2.75, 3.05) is 4.90 Å². The van der Waals surface area contributed by atoms with E-state index in [1.54, 1.807) is 66.7 Å². The number of carbonyl (C=O) groups is 2. The molecule has 0 saturated carbocycles. The number of carbonyl (C=O) groups excluding carboxylic acids is 2. The highest BCUT2D eigenvalue weighted by atomic mass is 35.5. The number of hydrogen-bond donors (Lipinski definition) is 1. The highest BCUT2D eigenvalue weighted by Gasteiger charge is 2.34. The Kier molecular flexibility index (Phi) is 6.48. The molecule has 1 saturated heterocycles. The summed E-state index contributed by atoms with van der Waals surface area (Å²) in [7, 11) is 0. The highest BCUT2D eigenvalue weighted by Crippen LogP contribution is 2.30. The van der Waals surface area contributed by atoms with Gasteiger partial charge in [-0.1, -0.05) is 46.9 Å². The van der Waals surface area contributed by atoms with Crippen LogP contribution in [0.15, 0.2) is 72.3 Å². The molecule has 3 aromatic carbocycles. The van der Waals surface area contributed by atoms with Crippen molar-refractivity contribution in [3.8, 4) is 11.5 Å². The summed E-state index contributed by atoms with van der Waals surface area (Å²) in [5.74, 6) is -0.140. The number of nitrogens with zero attached hydrogens (tertiary/aromatic N) is 1. The average molecular weight is 504 g/mol. The van der Waals surface area contributed by atoms with E-state index in [0.717, 1.165) is 0 Å². The molecule has 1 fully saturated rings. The monoisotopic (exact) mass is 502 g/mol. The molecule has 1 heterocycles. The maximum atomic E-state index is 13.1. The van der Waals surface area contributed by atoms with Crippen molar-refractivity contribution >= 4 is 75.7 Å². The molecule has 1 aliphatic rings. The molecule has 0 bridgehead atoms. The SMILES string of the molecule is O=C1NC(=S)N(c2ccc(Cl)cc2)C(=O)C1=Cc1cccc(Oc2ccc(Cl)c(Cl)c2)c1. The van der Waals surface area contributed by atoms with Crippen LogP contribution < -0.4 is 15.0 Å². The van der Waals surface area contributed by atoms with E-state index in [4.69, 9.17) is 51.8 Å². The minimum absolute atomic E-state index is 0.00354. The lowest BCUT2D eigenvalue weighted by molar-refractivity contribution is -0.122. The van der Waals surface area contributed by atoms with Crippen molar-refractivity contribution in [3.05, 3.63) is 92.9 Å². The third kappa shape index (κ3) is 4.79. The number of thiocarbonyl (C=S) groups is 1. The van der Waals surface area contributed by atoms with Gasteiger partial charge in [-0.2, -0.15) is 0 Å². The van der Waals surface area contributed by atoms with Gasteiger partial charge in [-0.25, -0.2) is 0 Å². The molecule has 32 heavy (non-hydrogen) atoms. The van der Waals surface area contributed by atoms with Crippen LogP contribution in [0, 0.1) is 0 Å². The Morgan fingerprint density at radius 2 is 1.59 bits per heavy atom. The molecule has 0 atom stereocenters. The van der Waals surface area contributed by atoms with E-state index in [9.17, 15) is 9.59 Å². The number of rotatable bonds is 4. The lowest BCUT2D eigenvalue weighted by atomic mass is 10.1. The second-order valence-corrected chi connectivity index (χ2v) is 8.32. The average Bonchev–Trinajstić information content (AvgIpc) is 2.75. The fourth-order valence-corrected chi connectivity index (χ4v) is 3.69. The Bertz CT molecular complexity index is 1280. The number of ether oxygens (including phenoxy) is 1. The molecule has 4 rings (SSSR count). The van der Waals surface area contributed by atoms with Crippen molar-refractivity contribution in [1.29, 1.82) is 0 Å². The predicted molar refractivity (Wildman–Crippen MR) is 131 cm³/mol. The second-order valence-electron chi connectivity index (χ2n) is 6.68. The van der Waals surface area contributed by atoms with Gasteiger partial charge in [0.15, 0.2) is 5.11 Å². The van der Waals surface area contributed by atoms with Crippen molar-refractivity contribution < 1.29 is 14.3 Å². The summed E-state index contributed by atoms with van der Waals surface area (Å²) in [5, 5.41) is 3.84. The third-order valence-electron chi connectivity index (χ3n) is 4.48. The van der Waals surface area contributed by atoms with Gasteiger partial charge in [0.2, 0.25) is 0 Å². The molecule has 5 nitrogen and oxygen atoms in total. The zero-order chi connectivity index (χ0) is 22.8. The Morgan fingerprint density at radius 3 is 2.31 bits per heavy atom. The topological polar surface area (TPSA) is 58.6 Å². The van der Waals surface area contributed by atoms with E-state index < -0.39 is 11.8 Å². The van der Waals surface area contributed by atoms with E-state index in [2.05, 4.69) is 5.32 Å². The fourth-order valence-electron chi connectivity index (χ4n) is 2.99. The van der Waals surface area contributed by atoms with Crippen LogP contribution in [0.5, 0.6) is 11.5 Å². The molecule has 3 aromatic rings. The van der Waals surface area contributed by atoms with E-state index in [1.165, 1.54) is 11.0 Å². The molecular weight excluding hydrogens is 491 g/mol. The van der Waals surface area contributed by atoms with E-state index in [-0.39, 0.29) is 10.7 Å². The van der Waals surface area contributed by atoms with E-state index in [0.29, 0.717) is 37.8 Å². The third-order valence-corrected chi connectivity index (χ3v) is 5.76. The smallest absolute Gasteiger partial charge is 0.270 e. The second kappa shape index (κ2) is 9.30. The predicted octanol–water partition coefficient (Wildman–Crippen LogP) is 6.27. The Balaban J connectivity index is 1.63. The Hall–Kier alpha value is -2.90. The van der Waals surface area contributed by atoms with Gasteiger partial charge in [0.05, 0.1) is 15.7 Å². The van der Waals surface area contributed by atoms with Gasteiger partial charge < -0.3 is 4.74 Å². The van der Waals surface area contributed by atoms with Crippen LogP contribution in [-0.4, -0.2) is 16.9 Å². The van der Waals surface area contributed by atoms with Crippen molar-refractivity contribution in [2.24, 2.45) is 0 Å². The molecule has 0 unspecified atom stereocenters. The quantitative estimate of drug-likeness (QED) is 0.259. The van der Waals surface area contributed by atoms with Gasteiger partial charge in [-0.3, -0.25) is 19.8 Å². The van der Waals surface area contributed by atoms with Gasteiger partial charge in [0.25, 0.3) is 11.8 Å². The molecule has 0 spiro atoms. The van der Waals surface area contributed by atoms with Gasteiger partial charge in [0.1, 0.15) is 17.1 Å². The maximum Gasteiger partial charge on any atom is 0.270 e. The zero-order valence-electron chi connectivity index (χ0n) is 16.1. The number of nitrogens with one attached hydrogen (secondary N) is 1. The van der Waals surface area contributed by atoms with Gasteiger partial charge in [0, 0.05) is 11.1 Å². The first-order valence-electron chi connectivity index (χ1n) is 9.22. The summed E-state index contributed by atoms with van der Waals surface area (Å²) in [6, 6.07) is 18.4. The lowest BCUT2D eigenvalue weighted by Gasteiger charge is -2.29. The summed E-state index contributed by atoms with van der Waals surface area (Å²) in [4.78, 5) is 26.8. The number of hydrogen-bond acceptors (Lipinski definition) is 4. The zero-order valence-corrected chi connectivity index (χ0v) is 19.2. The van der Waals surface area contributed by atoms with Crippen molar-refractivity contribution in [3.63, 3.8) is 0 Å². The molecule has 0 aromatic heterocycles. The van der Waals surface area contributed by atoms with E-state index in [1.807, 2.05) is 0 Å². The number of halogens is 3. The van der Waals surface area contributed by atoms with Gasteiger partial charge in [-0.05, 0) is 72.4 Å². The maximum absolute atomic E-state index is 13.1. The molecule has 160 valence electrons. The van der Waals surface area contributed by atoms with Crippen LogP contribution in [-0.2, 0) is 9.59 Å². The minimum atomic E-state index is -0.582. The van der Waals surface area contributed by atoms with Gasteiger partial charge >= 0.3 is 0 Å². The summed E-state index contributed by atoms with van der Waals surface area (Å²) < 4.78 is 5.81. The molecular formula is C23H13Cl3N2O3S. The minimum Gasteiger partial charge on any atom is -0.457 e. The van der Waals surface area contributed by atoms with Crippen LogP contribution in [0.3, 0.4) is 0 Å². The van der Waals surface area contributed by atoms with Crippen LogP contribution >= 0.6 is 47.0 Å². The molecule has 0 aliphatic carbocycles. The van der Waals surface area contributed by atoms with Crippen molar-refractivity contribution in [1.82, 2.24) is 5.32 Å². The summed E-state index contributed by atoms with van der Waals surface area (Å²) in [6.07, 6.45) is 1.48. The van der Waals surface area contributed by atoms with Crippen LogP contribution in [0.1, 0.15) is 5.56 Å². The summed E-state index contributed by atoms with van der Waals surface area (Å²) in [6.45, 7) is 0. The van der Waals surface area contributed by atoms with Gasteiger partial charge in [-0.15, -0.1) is 0 Å². The fraction of sp³-hybridized carbons (Fsp3) is 0. The standard InChI is InChI=1S/C23H13Cl3N2O3S/c24-14-4-6-15(7-5-14)28-22(30)18(21(29)27-23(28)32)11-13-2-1-3-16(10-13)31-17-8-9-19(25)20(26)12-17/h1-12H,(H,27,29,32).